The Labute approximate surface area is 134 Å². The van der Waals surface area contributed by atoms with Crippen molar-refractivity contribution in [3.05, 3.63) is 36.2 Å². The van der Waals surface area contributed by atoms with E-state index in [1.165, 1.54) is 0 Å². The monoisotopic (exact) mass is 312 g/mol. The number of aromatic nitrogens is 4. The SMILES string of the molecule is O=C(C1CC1)N1CCN(Cc2nnnn2-c2ccccc2)CC1. The molecule has 1 saturated carbocycles. The van der Waals surface area contributed by atoms with Gasteiger partial charge in [-0.15, -0.1) is 5.10 Å². The first kappa shape index (κ1) is 14.3. The van der Waals surface area contributed by atoms with Crippen molar-refractivity contribution in [1.29, 1.82) is 0 Å². The number of benzene rings is 1. The van der Waals surface area contributed by atoms with Gasteiger partial charge in [0.15, 0.2) is 5.82 Å². The highest BCUT2D eigenvalue weighted by Crippen LogP contribution is 2.31. The highest BCUT2D eigenvalue weighted by molar-refractivity contribution is 5.81. The molecule has 1 aliphatic heterocycles. The van der Waals surface area contributed by atoms with Gasteiger partial charge < -0.3 is 4.90 Å². The van der Waals surface area contributed by atoms with E-state index in [1.807, 2.05) is 35.2 Å². The van der Waals surface area contributed by atoms with Gasteiger partial charge >= 0.3 is 0 Å². The third-order valence-corrected chi connectivity index (χ3v) is 4.51. The van der Waals surface area contributed by atoms with E-state index in [0.717, 1.165) is 50.5 Å². The number of amides is 1. The number of piperazine rings is 1. The lowest BCUT2D eigenvalue weighted by Crippen LogP contribution is -2.49. The molecule has 1 aromatic heterocycles. The van der Waals surface area contributed by atoms with E-state index in [9.17, 15) is 4.79 Å². The summed E-state index contributed by atoms with van der Waals surface area (Å²) in [6, 6.07) is 9.91. The van der Waals surface area contributed by atoms with Gasteiger partial charge in [-0.25, -0.2) is 0 Å². The second kappa shape index (κ2) is 6.08. The molecule has 7 nitrogen and oxygen atoms in total. The van der Waals surface area contributed by atoms with Crippen LogP contribution in [0.3, 0.4) is 0 Å². The van der Waals surface area contributed by atoms with Crippen LogP contribution < -0.4 is 0 Å². The Morgan fingerprint density at radius 3 is 2.52 bits per heavy atom. The summed E-state index contributed by atoms with van der Waals surface area (Å²) in [5, 5.41) is 12.1. The summed E-state index contributed by atoms with van der Waals surface area (Å²) in [6.07, 6.45) is 2.15. The molecule has 1 aliphatic carbocycles. The van der Waals surface area contributed by atoms with Crippen LogP contribution in [0.2, 0.25) is 0 Å². The highest BCUT2D eigenvalue weighted by atomic mass is 16.2. The summed E-state index contributed by atoms with van der Waals surface area (Å²) in [5.41, 5.74) is 0.968. The molecule has 0 spiro atoms. The summed E-state index contributed by atoms with van der Waals surface area (Å²) < 4.78 is 1.78. The van der Waals surface area contributed by atoms with Crippen molar-refractivity contribution in [3.8, 4) is 5.69 Å². The first-order valence-corrected chi connectivity index (χ1v) is 8.15. The summed E-state index contributed by atoms with van der Waals surface area (Å²) in [7, 11) is 0. The maximum Gasteiger partial charge on any atom is 0.225 e. The average Bonchev–Trinajstić information content (AvgIpc) is 3.35. The molecule has 1 amide bonds. The Morgan fingerprint density at radius 2 is 1.83 bits per heavy atom. The van der Waals surface area contributed by atoms with Crippen molar-refractivity contribution < 1.29 is 4.79 Å². The lowest BCUT2D eigenvalue weighted by Gasteiger charge is -2.34. The minimum atomic E-state index is 0.312. The van der Waals surface area contributed by atoms with Gasteiger partial charge in [-0.05, 0) is 35.4 Å². The van der Waals surface area contributed by atoms with Crippen LogP contribution in [0.4, 0.5) is 0 Å². The Kier molecular flexibility index (Phi) is 3.78. The molecule has 2 aliphatic rings. The van der Waals surface area contributed by atoms with Gasteiger partial charge in [0, 0.05) is 32.1 Å². The van der Waals surface area contributed by atoms with Crippen LogP contribution in [-0.2, 0) is 11.3 Å². The predicted octanol–water partition coefficient (Wildman–Crippen LogP) is 0.716. The number of rotatable bonds is 4. The maximum absolute atomic E-state index is 12.1. The molecule has 1 saturated heterocycles. The van der Waals surface area contributed by atoms with E-state index in [4.69, 9.17) is 0 Å². The predicted molar refractivity (Wildman–Crippen MR) is 83.7 cm³/mol. The van der Waals surface area contributed by atoms with Crippen LogP contribution in [0.15, 0.2) is 30.3 Å². The van der Waals surface area contributed by atoms with Crippen LogP contribution in [0.5, 0.6) is 0 Å². The molecule has 2 aromatic rings. The third kappa shape index (κ3) is 3.10. The molecule has 7 heteroatoms. The highest BCUT2D eigenvalue weighted by Gasteiger charge is 2.34. The molecule has 0 unspecified atom stereocenters. The topological polar surface area (TPSA) is 67.2 Å². The smallest absolute Gasteiger partial charge is 0.225 e. The first-order valence-electron chi connectivity index (χ1n) is 8.15. The van der Waals surface area contributed by atoms with Gasteiger partial charge in [-0.3, -0.25) is 9.69 Å². The van der Waals surface area contributed by atoms with Gasteiger partial charge in [0.1, 0.15) is 0 Å². The van der Waals surface area contributed by atoms with Gasteiger partial charge in [-0.1, -0.05) is 18.2 Å². The Bertz CT molecular complexity index is 673. The van der Waals surface area contributed by atoms with Crippen molar-refractivity contribution >= 4 is 5.91 Å². The fourth-order valence-corrected chi connectivity index (χ4v) is 2.99. The fourth-order valence-electron chi connectivity index (χ4n) is 2.99. The van der Waals surface area contributed by atoms with Crippen LogP contribution in [0.25, 0.3) is 5.69 Å². The normalized spacial score (nSPS) is 19.0. The van der Waals surface area contributed by atoms with Crippen molar-refractivity contribution in [1.82, 2.24) is 30.0 Å². The van der Waals surface area contributed by atoms with Gasteiger partial charge in [0.05, 0.1) is 12.2 Å². The van der Waals surface area contributed by atoms with E-state index in [1.54, 1.807) is 4.68 Å². The molecule has 2 heterocycles. The molecule has 4 rings (SSSR count). The first-order chi connectivity index (χ1) is 11.3. The molecule has 2 fully saturated rings. The van der Waals surface area contributed by atoms with Crippen LogP contribution in [-0.4, -0.2) is 62.1 Å². The van der Waals surface area contributed by atoms with Gasteiger partial charge in [-0.2, -0.15) is 4.68 Å². The Morgan fingerprint density at radius 1 is 1.09 bits per heavy atom. The van der Waals surface area contributed by atoms with Crippen molar-refractivity contribution in [2.75, 3.05) is 26.2 Å². The lowest BCUT2D eigenvalue weighted by atomic mass is 10.2. The third-order valence-electron chi connectivity index (χ3n) is 4.51. The summed E-state index contributed by atoms with van der Waals surface area (Å²) in [6.45, 7) is 4.07. The van der Waals surface area contributed by atoms with Crippen molar-refractivity contribution in [2.45, 2.75) is 19.4 Å². The van der Waals surface area contributed by atoms with Crippen LogP contribution in [0.1, 0.15) is 18.7 Å². The zero-order valence-corrected chi connectivity index (χ0v) is 13.0. The summed E-state index contributed by atoms with van der Waals surface area (Å²) in [5.74, 6) is 1.49. The van der Waals surface area contributed by atoms with Gasteiger partial charge in [0.25, 0.3) is 0 Å². The molecule has 1 aromatic carbocycles. The van der Waals surface area contributed by atoms with E-state index in [-0.39, 0.29) is 0 Å². The van der Waals surface area contributed by atoms with Crippen LogP contribution >= 0.6 is 0 Å². The molecular formula is C16H20N6O. The number of tetrazole rings is 1. The zero-order chi connectivity index (χ0) is 15.6. The van der Waals surface area contributed by atoms with Crippen molar-refractivity contribution in [3.63, 3.8) is 0 Å². The maximum atomic E-state index is 12.1. The lowest BCUT2D eigenvalue weighted by molar-refractivity contribution is -0.134. The quantitative estimate of drug-likeness (QED) is 0.832. The van der Waals surface area contributed by atoms with Crippen molar-refractivity contribution in [2.24, 2.45) is 5.92 Å². The second-order valence-electron chi connectivity index (χ2n) is 6.22. The fraction of sp³-hybridized carbons (Fsp3) is 0.500. The summed E-state index contributed by atoms with van der Waals surface area (Å²) in [4.78, 5) is 16.4. The molecular weight excluding hydrogens is 292 g/mol. The van der Waals surface area contributed by atoms with E-state index >= 15 is 0 Å². The molecule has 23 heavy (non-hydrogen) atoms. The minimum absolute atomic E-state index is 0.312. The summed E-state index contributed by atoms with van der Waals surface area (Å²) >= 11 is 0. The van der Waals surface area contributed by atoms with E-state index < -0.39 is 0 Å². The Hall–Kier alpha value is -2.28. The van der Waals surface area contributed by atoms with Gasteiger partial charge in [0.2, 0.25) is 5.91 Å². The van der Waals surface area contributed by atoms with E-state index in [0.29, 0.717) is 18.4 Å². The molecule has 0 radical (unpaired) electrons. The minimum Gasteiger partial charge on any atom is -0.340 e. The second-order valence-corrected chi connectivity index (χ2v) is 6.22. The molecule has 0 N–H and O–H groups in total. The number of hydrogen-bond donors (Lipinski definition) is 0. The zero-order valence-electron chi connectivity index (χ0n) is 13.0. The largest absolute Gasteiger partial charge is 0.340 e. The Balaban J connectivity index is 1.38. The molecule has 0 atom stereocenters. The average molecular weight is 312 g/mol. The number of para-hydroxylation sites is 1. The number of carbonyl (C=O) groups is 1. The standard InChI is InChI=1S/C16H20N6O/c23-16(13-6-7-13)21-10-8-20(9-11-21)12-15-17-18-19-22(15)14-4-2-1-3-5-14/h1-5,13H,6-12H2. The molecule has 0 bridgehead atoms. The van der Waals surface area contributed by atoms with E-state index in [2.05, 4.69) is 20.4 Å². The van der Waals surface area contributed by atoms with Crippen LogP contribution in [0, 0.1) is 5.92 Å². The number of hydrogen-bond acceptors (Lipinski definition) is 5. The molecule has 120 valence electrons. The number of carbonyl (C=O) groups excluding carboxylic acids is 1. The number of nitrogens with zero attached hydrogens (tertiary/aromatic N) is 6.